The number of carbonyl (C=O) groups is 4. The molecule has 2 N–H and O–H groups in total. The smallest absolute Gasteiger partial charge is 0.332 e. The summed E-state index contributed by atoms with van der Waals surface area (Å²) in [6, 6.07) is 9.43. The number of hydrogen-bond donors (Lipinski definition) is 2. The van der Waals surface area contributed by atoms with Crippen molar-refractivity contribution in [3.63, 3.8) is 0 Å². The fourth-order valence-corrected chi connectivity index (χ4v) is 3.90. The van der Waals surface area contributed by atoms with E-state index >= 15 is 0 Å². The Balaban J connectivity index is 1.41. The zero-order valence-corrected chi connectivity index (χ0v) is 17.7. The fraction of sp³-hybridized carbons (Fsp3) is 0.200. The molecule has 0 aliphatic heterocycles. The lowest BCUT2D eigenvalue weighted by atomic mass is 9.90. The molecule has 34 heavy (non-hydrogen) atoms. The first kappa shape index (κ1) is 22.9. The molecule has 2 aliphatic carbocycles. The molecule has 0 saturated heterocycles. The second-order valence-electron chi connectivity index (χ2n) is 7.83. The number of carboxylic acid groups (broad SMARTS) is 2. The van der Waals surface area contributed by atoms with Gasteiger partial charge in [-0.2, -0.15) is 0 Å². The van der Waals surface area contributed by atoms with E-state index in [1.54, 1.807) is 24.3 Å². The van der Waals surface area contributed by atoms with Crippen LogP contribution in [0.3, 0.4) is 0 Å². The summed E-state index contributed by atoms with van der Waals surface area (Å²) >= 11 is 0. The predicted molar refractivity (Wildman–Crippen MR) is 116 cm³/mol. The van der Waals surface area contributed by atoms with Crippen molar-refractivity contribution in [2.75, 3.05) is 13.2 Å². The van der Waals surface area contributed by atoms with Crippen molar-refractivity contribution in [2.45, 2.75) is 19.0 Å². The molecule has 0 heterocycles. The van der Waals surface area contributed by atoms with E-state index in [1.165, 1.54) is 12.1 Å². The highest BCUT2D eigenvalue weighted by Gasteiger charge is 2.27. The molecule has 2 aromatic rings. The number of aliphatic carboxylic acids is 2. The molecule has 9 heteroatoms. The van der Waals surface area contributed by atoms with Crippen molar-refractivity contribution in [1.29, 1.82) is 0 Å². The molecule has 0 spiro atoms. The molecule has 0 bridgehead atoms. The minimum atomic E-state index is -1.61. The fourth-order valence-electron chi connectivity index (χ4n) is 3.90. The number of alkyl halides is 1. The van der Waals surface area contributed by atoms with Crippen LogP contribution in [0, 0.1) is 0 Å². The number of benzene rings is 2. The van der Waals surface area contributed by atoms with E-state index in [9.17, 15) is 23.6 Å². The van der Waals surface area contributed by atoms with E-state index in [2.05, 4.69) is 0 Å². The van der Waals surface area contributed by atoms with Crippen LogP contribution in [0.5, 0.6) is 11.5 Å². The van der Waals surface area contributed by atoms with Crippen molar-refractivity contribution in [1.82, 2.24) is 0 Å². The SMILES string of the molecule is O=C(O)C1=CC(=O)c2c(cccc2OCC(F)COc2cccc3c2C(=O)C=C(C(=O)O)C3)C1. The number of carboxylic acids is 2. The Morgan fingerprint density at radius 3 is 1.59 bits per heavy atom. The largest absolute Gasteiger partial charge is 0.490 e. The molecule has 0 saturated carbocycles. The van der Waals surface area contributed by atoms with Crippen LogP contribution in [-0.2, 0) is 22.4 Å². The number of allylic oxidation sites excluding steroid dienone is 2. The third-order valence-corrected chi connectivity index (χ3v) is 5.48. The van der Waals surface area contributed by atoms with Gasteiger partial charge in [0.05, 0.1) is 11.1 Å². The van der Waals surface area contributed by atoms with Gasteiger partial charge in [-0.1, -0.05) is 24.3 Å². The molecule has 0 amide bonds. The second-order valence-corrected chi connectivity index (χ2v) is 7.83. The number of ketones is 2. The van der Waals surface area contributed by atoms with Gasteiger partial charge in [-0.3, -0.25) is 9.59 Å². The molecule has 0 aromatic heterocycles. The molecule has 0 unspecified atom stereocenters. The number of rotatable bonds is 8. The van der Waals surface area contributed by atoms with Crippen LogP contribution >= 0.6 is 0 Å². The average molecular weight is 466 g/mol. The molecule has 2 aromatic carbocycles. The van der Waals surface area contributed by atoms with Gasteiger partial charge >= 0.3 is 11.9 Å². The molecule has 174 valence electrons. The number of carbonyl (C=O) groups excluding carboxylic acids is 2. The topological polar surface area (TPSA) is 127 Å². The maximum atomic E-state index is 14.6. The summed E-state index contributed by atoms with van der Waals surface area (Å²) in [7, 11) is 0. The summed E-state index contributed by atoms with van der Waals surface area (Å²) in [5, 5.41) is 18.3. The number of ether oxygens (including phenoxy) is 2. The van der Waals surface area contributed by atoms with E-state index < -0.39 is 42.9 Å². The maximum absolute atomic E-state index is 14.6. The first-order chi connectivity index (χ1) is 16.2. The minimum absolute atomic E-state index is 0.0301. The van der Waals surface area contributed by atoms with Crippen LogP contribution in [0.25, 0.3) is 0 Å². The van der Waals surface area contributed by atoms with E-state index in [1.807, 2.05) is 0 Å². The summed E-state index contributed by atoms with van der Waals surface area (Å²) in [4.78, 5) is 47.2. The molecule has 0 atom stereocenters. The molecular formula is C25H19FO8. The Hall–Kier alpha value is -4.27. The first-order valence-corrected chi connectivity index (χ1v) is 10.3. The highest BCUT2D eigenvalue weighted by Crippen LogP contribution is 2.31. The lowest BCUT2D eigenvalue weighted by Crippen LogP contribution is -2.23. The zero-order chi connectivity index (χ0) is 24.4. The third-order valence-electron chi connectivity index (χ3n) is 5.48. The van der Waals surface area contributed by atoms with Gasteiger partial charge in [0.25, 0.3) is 0 Å². The number of hydrogen-bond acceptors (Lipinski definition) is 6. The first-order valence-electron chi connectivity index (χ1n) is 10.3. The van der Waals surface area contributed by atoms with Crippen LogP contribution in [0.15, 0.2) is 59.7 Å². The minimum Gasteiger partial charge on any atom is -0.490 e. The molecule has 0 fully saturated rings. The monoisotopic (exact) mass is 466 g/mol. The van der Waals surface area contributed by atoms with Gasteiger partial charge in [0.1, 0.15) is 24.7 Å². The zero-order valence-electron chi connectivity index (χ0n) is 17.7. The van der Waals surface area contributed by atoms with Gasteiger partial charge in [0.15, 0.2) is 17.7 Å². The van der Waals surface area contributed by atoms with E-state index in [0.717, 1.165) is 12.2 Å². The Labute approximate surface area is 192 Å². The standard InChI is InChI=1S/C25H19FO8/c26-17(11-33-20-5-1-3-13-7-15(24(29)30)9-18(27)22(13)20)12-34-21-6-2-4-14-8-16(25(31)32)10-19(28)23(14)21/h1-6,9-10,17H,7-8,11-12H2,(H,29,30)(H,31,32). The summed E-state index contributed by atoms with van der Waals surface area (Å²) in [6.45, 7) is -0.878. The van der Waals surface area contributed by atoms with Crippen LogP contribution < -0.4 is 9.47 Å². The summed E-state index contributed by atoms with van der Waals surface area (Å²) in [5.41, 5.74) is 1.30. The normalized spacial score (nSPS) is 14.6. The van der Waals surface area contributed by atoms with Crippen LogP contribution in [0.4, 0.5) is 4.39 Å². The van der Waals surface area contributed by atoms with Gasteiger partial charge in [-0.05, 0) is 35.4 Å². The van der Waals surface area contributed by atoms with E-state index in [0.29, 0.717) is 11.1 Å². The van der Waals surface area contributed by atoms with Gasteiger partial charge in [0, 0.05) is 24.0 Å². The van der Waals surface area contributed by atoms with Crippen LogP contribution in [0.1, 0.15) is 31.8 Å². The van der Waals surface area contributed by atoms with Gasteiger partial charge in [-0.25, -0.2) is 14.0 Å². The highest BCUT2D eigenvalue weighted by atomic mass is 19.1. The van der Waals surface area contributed by atoms with Crippen molar-refractivity contribution in [3.05, 3.63) is 82.0 Å². The molecule has 2 aliphatic rings. The van der Waals surface area contributed by atoms with Gasteiger partial charge < -0.3 is 19.7 Å². The Morgan fingerprint density at radius 1 is 0.794 bits per heavy atom. The van der Waals surface area contributed by atoms with Crippen LogP contribution in [-0.4, -0.2) is 53.1 Å². The molecule has 4 rings (SSSR count). The maximum Gasteiger partial charge on any atom is 0.332 e. The molecular weight excluding hydrogens is 447 g/mol. The number of halogens is 1. The van der Waals surface area contributed by atoms with Crippen molar-refractivity contribution in [2.24, 2.45) is 0 Å². The van der Waals surface area contributed by atoms with Crippen LogP contribution in [0.2, 0.25) is 0 Å². The third kappa shape index (κ3) is 4.59. The van der Waals surface area contributed by atoms with Crippen molar-refractivity contribution in [3.8, 4) is 11.5 Å². The lowest BCUT2D eigenvalue weighted by molar-refractivity contribution is -0.133. The predicted octanol–water partition coefficient (Wildman–Crippen LogP) is 2.98. The second kappa shape index (κ2) is 9.30. The number of fused-ring (bicyclic) bond motifs is 2. The van der Waals surface area contributed by atoms with E-state index in [4.69, 9.17) is 19.7 Å². The average Bonchev–Trinajstić information content (AvgIpc) is 2.80. The van der Waals surface area contributed by atoms with E-state index in [-0.39, 0.29) is 46.6 Å². The molecule has 0 radical (unpaired) electrons. The quantitative estimate of drug-likeness (QED) is 0.608. The highest BCUT2D eigenvalue weighted by molar-refractivity contribution is 6.13. The lowest BCUT2D eigenvalue weighted by Gasteiger charge is -2.20. The van der Waals surface area contributed by atoms with Crippen molar-refractivity contribution < 1.29 is 43.3 Å². The Morgan fingerprint density at radius 2 is 1.21 bits per heavy atom. The van der Waals surface area contributed by atoms with Gasteiger partial charge in [-0.15, -0.1) is 0 Å². The summed E-state index contributed by atoms with van der Waals surface area (Å²) in [5.74, 6) is -3.12. The Kier molecular flexibility index (Phi) is 6.27. The van der Waals surface area contributed by atoms with Crippen molar-refractivity contribution >= 4 is 23.5 Å². The molecule has 8 nitrogen and oxygen atoms in total. The summed E-state index contributed by atoms with van der Waals surface area (Å²) in [6.07, 6.45) is 0.571. The van der Waals surface area contributed by atoms with Gasteiger partial charge in [0.2, 0.25) is 0 Å². The summed E-state index contributed by atoms with van der Waals surface area (Å²) < 4.78 is 25.6. The Bertz CT molecular complexity index is 1180.